The number of piperidine rings is 1. The lowest BCUT2D eigenvalue weighted by atomic mass is 9.80. The monoisotopic (exact) mass is 321 g/mol. The smallest absolute Gasteiger partial charge is 0.255 e. The average Bonchev–Trinajstić information content (AvgIpc) is 3.11. The third-order valence-corrected chi connectivity index (χ3v) is 5.52. The number of aliphatic hydroxyl groups is 1. The van der Waals surface area contributed by atoms with Crippen molar-refractivity contribution in [1.82, 2.24) is 15.0 Å². The van der Waals surface area contributed by atoms with Gasteiger partial charge < -0.3 is 19.3 Å². The van der Waals surface area contributed by atoms with Gasteiger partial charge in [0.2, 0.25) is 5.91 Å². The van der Waals surface area contributed by atoms with E-state index in [1.165, 1.54) is 0 Å². The maximum absolute atomic E-state index is 12.4. The van der Waals surface area contributed by atoms with Gasteiger partial charge in [-0.3, -0.25) is 4.79 Å². The summed E-state index contributed by atoms with van der Waals surface area (Å²) in [5.74, 6) is 1.43. The van der Waals surface area contributed by atoms with Crippen molar-refractivity contribution in [2.75, 3.05) is 13.1 Å². The second kappa shape index (κ2) is 5.56. The molecule has 1 aromatic rings. The SMILES string of the molecule is Cc1noc([C@@H]2CCC3(CCN(C(=O)C4CC(O)C4)CC3)O2)n1. The first-order valence-electron chi connectivity index (χ1n) is 8.49. The zero-order valence-corrected chi connectivity index (χ0v) is 13.4. The molecule has 1 aliphatic carbocycles. The number of likely N-dealkylation sites (tertiary alicyclic amines) is 1. The minimum absolute atomic E-state index is 0.0256. The highest BCUT2D eigenvalue weighted by Gasteiger charge is 2.46. The topological polar surface area (TPSA) is 88.7 Å². The molecule has 0 aromatic carbocycles. The number of aryl methyl sites for hydroxylation is 1. The van der Waals surface area contributed by atoms with Crippen LogP contribution in [0.25, 0.3) is 0 Å². The maximum Gasteiger partial charge on any atom is 0.255 e. The standard InChI is InChI=1S/C16H23N3O4/c1-10-17-14(23-18-10)13-2-3-16(22-13)4-6-19(7-5-16)15(21)11-8-12(20)9-11/h11-13,20H,2-9H2,1H3/t11?,12?,13-/m0/s1. The summed E-state index contributed by atoms with van der Waals surface area (Å²) < 4.78 is 11.5. The molecule has 3 fully saturated rings. The minimum Gasteiger partial charge on any atom is -0.393 e. The first-order valence-corrected chi connectivity index (χ1v) is 8.49. The van der Waals surface area contributed by atoms with Crippen LogP contribution in [0, 0.1) is 12.8 Å². The second-order valence-corrected chi connectivity index (χ2v) is 7.16. The van der Waals surface area contributed by atoms with Crippen molar-refractivity contribution in [2.24, 2.45) is 5.92 Å². The van der Waals surface area contributed by atoms with E-state index in [1.54, 1.807) is 6.92 Å². The molecular weight excluding hydrogens is 298 g/mol. The number of ether oxygens (including phenoxy) is 1. The summed E-state index contributed by atoms with van der Waals surface area (Å²) >= 11 is 0. The number of hydrogen-bond acceptors (Lipinski definition) is 6. The van der Waals surface area contributed by atoms with Crippen molar-refractivity contribution >= 4 is 5.91 Å². The Bertz CT molecular complexity index is 588. The van der Waals surface area contributed by atoms with Crippen LogP contribution in [0.1, 0.15) is 56.3 Å². The molecule has 3 aliphatic rings. The van der Waals surface area contributed by atoms with Crippen LogP contribution in [0.2, 0.25) is 0 Å². The van der Waals surface area contributed by atoms with Gasteiger partial charge in [-0.25, -0.2) is 0 Å². The van der Waals surface area contributed by atoms with Crippen LogP contribution in [0.15, 0.2) is 4.52 Å². The van der Waals surface area contributed by atoms with Crippen LogP contribution in [-0.2, 0) is 9.53 Å². The van der Waals surface area contributed by atoms with Gasteiger partial charge in [-0.15, -0.1) is 0 Å². The summed E-state index contributed by atoms with van der Waals surface area (Å²) in [5.41, 5.74) is -0.150. The third-order valence-electron chi connectivity index (χ3n) is 5.52. The molecule has 0 bridgehead atoms. The van der Waals surface area contributed by atoms with E-state index < -0.39 is 0 Å². The molecule has 0 unspecified atom stereocenters. The number of aromatic nitrogens is 2. The summed E-state index contributed by atoms with van der Waals surface area (Å²) in [6.07, 6.45) is 4.44. The molecule has 1 atom stereocenters. The van der Waals surface area contributed by atoms with E-state index in [4.69, 9.17) is 9.26 Å². The molecule has 0 radical (unpaired) electrons. The van der Waals surface area contributed by atoms with Gasteiger partial charge in [0.15, 0.2) is 5.82 Å². The molecule has 7 nitrogen and oxygen atoms in total. The van der Waals surface area contributed by atoms with E-state index in [9.17, 15) is 9.90 Å². The van der Waals surface area contributed by atoms with E-state index in [0.29, 0.717) is 24.6 Å². The highest BCUT2D eigenvalue weighted by atomic mass is 16.5. The summed E-state index contributed by atoms with van der Waals surface area (Å²) in [4.78, 5) is 18.6. The van der Waals surface area contributed by atoms with Gasteiger partial charge in [-0.05, 0) is 45.4 Å². The van der Waals surface area contributed by atoms with Crippen LogP contribution in [0.3, 0.4) is 0 Å². The molecular formula is C16H23N3O4. The Morgan fingerprint density at radius 2 is 2.04 bits per heavy atom. The summed E-state index contributed by atoms with van der Waals surface area (Å²) in [5, 5.41) is 13.2. The van der Waals surface area contributed by atoms with Crippen molar-refractivity contribution in [2.45, 2.75) is 63.3 Å². The van der Waals surface area contributed by atoms with Crippen molar-refractivity contribution in [3.05, 3.63) is 11.7 Å². The zero-order valence-electron chi connectivity index (χ0n) is 13.4. The number of hydrogen-bond donors (Lipinski definition) is 1. The van der Waals surface area contributed by atoms with Gasteiger partial charge in [0.25, 0.3) is 5.89 Å². The maximum atomic E-state index is 12.4. The van der Waals surface area contributed by atoms with E-state index in [1.807, 2.05) is 4.90 Å². The summed E-state index contributed by atoms with van der Waals surface area (Å²) in [7, 11) is 0. The molecule has 1 saturated carbocycles. The van der Waals surface area contributed by atoms with Crippen LogP contribution in [0.5, 0.6) is 0 Å². The summed E-state index contributed by atoms with van der Waals surface area (Å²) in [6.45, 7) is 3.28. The Morgan fingerprint density at radius 3 is 2.65 bits per heavy atom. The fourth-order valence-electron chi connectivity index (χ4n) is 3.98. The Morgan fingerprint density at radius 1 is 1.30 bits per heavy atom. The van der Waals surface area contributed by atoms with Crippen molar-refractivity contribution in [1.29, 1.82) is 0 Å². The largest absolute Gasteiger partial charge is 0.393 e. The van der Waals surface area contributed by atoms with Crippen LogP contribution < -0.4 is 0 Å². The predicted octanol–water partition coefficient (Wildman–Crippen LogP) is 1.36. The highest BCUT2D eigenvalue weighted by Crippen LogP contribution is 2.45. The zero-order chi connectivity index (χ0) is 16.0. The van der Waals surface area contributed by atoms with Gasteiger partial charge in [0, 0.05) is 19.0 Å². The lowest BCUT2D eigenvalue weighted by molar-refractivity contribution is -0.148. The Balaban J connectivity index is 1.33. The first kappa shape index (κ1) is 15.1. The number of carbonyl (C=O) groups is 1. The first-order chi connectivity index (χ1) is 11.0. The number of rotatable bonds is 2. The van der Waals surface area contributed by atoms with Crippen LogP contribution >= 0.6 is 0 Å². The third kappa shape index (κ3) is 2.76. The fourth-order valence-corrected chi connectivity index (χ4v) is 3.98. The minimum atomic E-state index is -0.281. The lowest BCUT2D eigenvalue weighted by Gasteiger charge is -2.42. The molecule has 1 spiro atoms. The van der Waals surface area contributed by atoms with Crippen molar-refractivity contribution in [3.8, 4) is 0 Å². The molecule has 3 heterocycles. The predicted molar refractivity (Wildman–Crippen MR) is 79.4 cm³/mol. The highest BCUT2D eigenvalue weighted by molar-refractivity contribution is 5.80. The molecule has 1 N–H and O–H groups in total. The molecule has 4 rings (SSSR count). The molecule has 1 amide bonds. The molecule has 7 heteroatoms. The molecule has 23 heavy (non-hydrogen) atoms. The van der Waals surface area contributed by atoms with E-state index >= 15 is 0 Å². The van der Waals surface area contributed by atoms with E-state index in [-0.39, 0.29) is 29.6 Å². The number of aliphatic hydroxyl groups excluding tert-OH is 1. The number of carbonyl (C=O) groups excluding carboxylic acids is 1. The number of nitrogens with zero attached hydrogens (tertiary/aromatic N) is 3. The Labute approximate surface area is 135 Å². The second-order valence-electron chi connectivity index (χ2n) is 7.16. The lowest BCUT2D eigenvalue weighted by Crippen LogP contribution is -2.50. The van der Waals surface area contributed by atoms with Crippen LogP contribution in [-0.4, -0.2) is 50.8 Å². The van der Waals surface area contributed by atoms with Gasteiger partial charge in [-0.2, -0.15) is 4.98 Å². The molecule has 2 aliphatic heterocycles. The van der Waals surface area contributed by atoms with Gasteiger partial charge in [-0.1, -0.05) is 5.16 Å². The Hall–Kier alpha value is -1.47. The number of amides is 1. The molecule has 2 saturated heterocycles. The average molecular weight is 321 g/mol. The summed E-state index contributed by atoms with van der Waals surface area (Å²) in [6, 6.07) is 0. The van der Waals surface area contributed by atoms with E-state index in [2.05, 4.69) is 10.1 Å². The molecule has 1 aromatic heterocycles. The molecule has 126 valence electrons. The van der Waals surface area contributed by atoms with Crippen molar-refractivity contribution in [3.63, 3.8) is 0 Å². The van der Waals surface area contributed by atoms with Crippen LogP contribution in [0.4, 0.5) is 0 Å². The normalized spacial score (nSPS) is 33.0. The van der Waals surface area contributed by atoms with E-state index in [0.717, 1.165) is 38.8 Å². The van der Waals surface area contributed by atoms with Gasteiger partial charge in [0.1, 0.15) is 6.10 Å². The van der Waals surface area contributed by atoms with Crippen molar-refractivity contribution < 1.29 is 19.2 Å². The van der Waals surface area contributed by atoms with Gasteiger partial charge >= 0.3 is 0 Å². The quantitative estimate of drug-likeness (QED) is 0.885. The fraction of sp³-hybridized carbons (Fsp3) is 0.812. The Kier molecular flexibility index (Phi) is 3.65. The van der Waals surface area contributed by atoms with Gasteiger partial charge in [0.05, 0.1) is 11.7 Å².